The lowest BCUT2D eigenvalue weighted by Gasteiger charge is -2.41. The summed E-state index contributed by atoms with van der Waals surface area (Å²) in [5.41, 5.74) is 4.35. The van der Waals surface area contributed by atoms with E-state index in [1.807, 2.05) is 0 Å². The normalized spacial score (nSPS) is 29.3. The average Bonchev–Trinajstić information content (AvgIpc) is 3.57. The van der Waals surface area contributed by atoms with Crippen LogP contribution >= 0.6 is 0 Å². The molecule has 10 nitrogen and oxygen atoms in total. The smallest absolute Gasteiger partial charge is 0.434 e. The Kier molecular flexibility index (Phi) is 6.22. The van der Waals surface area contributed by atoms with Gasteiger partial charge in [-0.1, -0.05) is 18.3 Å². The van der Waals surface area contributed by atoms with Crippen LogP contribution < -0.4 is 20.4 Å². The van der Waals surface area contributed by atoms with Gasteiger partial charge in [0.15, 0.2) is 0 Å². The Balaban J connectivity index is 1.15. The number of carboxylic acid groups (broad SMARTS) is 1. The number of fused-ring (bicyclic) bond motifs is 3. The van der Waals surface area contributed by atoms with E-state index < -0.39 is 12.7 Å². The lowest BCUT2D eigenvalue weighted by Crippen LogP contribution is -2.56. The number of nitrogens with zero attached hydrogens (tertiary/aromatic N) is 1. The molecule has 1 amide bonds. The molecule has 0 aromatic heterocycles. The fourth-order valence-electron chi connectivity index (χ4n) is 5.76. The highest BCUT2D eigenvalue weighted by molar-refractivity contribution is 6.62. The number of likely N-dealkylation sites (tertiary alicyclic amines) is 1. The Morgan fingerprint density at radius 3 is 2.62 bits per heavy atom. The molecule has 186 valence electrons. The summed E-state index contributed by atoms with van der Waals surface area (Å²) in [5.74, 6) is -1.08. The topological polar surface area (TPSA) is 156 Å². The predicted molar refractivity (Wildman–Crippen MR) is 122 cm³/mol. The second kappa shape index (κ2) is 9.03. The zero-order chi connectivity index (χ0) is 24.0. The molecule has 4 aliphatic rings. The molecular weight excluding hydrogens is 441 g/mol. The van der Waals surface area contributed by atoms with Crippen molar-refractivity contribution in [2.75, 3.05) is 26.2 Å². The standard InChI is InChI=1S/C23H33BN3O7/c25-7-8-26-14-3-1-13(2-4-14)9-20(28)27-11-15(12-27)33-19-6-5-16-17-10-18(17)24(31,32)34-22(16)21(19)23(29)30/h5-6,13-15,17-18,26,31-32H,1-4,7-12,25H2,(H,29,30)/q-1/p+1/t13-,14+,17-,18-/m1/s1. The Morgan fingerprint density at radius 1 is 1.21 bits per heavy atom. The van der Waals surface area contributed by atoms with Crippen LogP contribution in [0.2, 0.25) is 5.82 Å². The summed E-state index contributed by atoms with van der Waals surface area (Å²) in [5, 5.41) is 33.6. The zero-order valence-corrected chi connectivity index (χ0v) is 19.3. The maximum atomic E-state index is 12.7. The SMILES string of the molecule is [NH3+]CCN[C@H]1CC[C@@H](CC(=O)N2CC(Oc3ccc4c(c3C(=O)O)O[B-](O)(O)[C@@H]3C[C@H]43)C2)CC1. The number of amides is 1. The number of carboxylic acids is 1. The van der Waals surface area contributed by atoms with Gasteiger partial charge in [-0.3, -0.25) is 4.79 Å². The fourth-order valence-corrected chi connectivity index (χ4v) is 5.76. The van der Waals surface area contributed by atoms with Crippen LogP contribution in [0.25, 0.3) is 0 Å². The van der Waals surface area contributed by atoms with Gasteiger partial charge in [-0.2, -0.15) is 0 Å². The summed E-state index contributed by atoms with van der Waals surface area (Å²) in [6.45, 7) is -0.436. The quantitative estimate of drug-likeness (QED) is 0.327. The summed E-state index contributed by atoms with van der Waals surface area (Å²) in [4.78, 5) is 26.5. The Morgan fingerprint density at radius 2 is 1.94 bits per heavy atom. The lowest BCUT2D eigenvalue weighted by atomic mass is 9.68. The van der Waals surface area contributed by atoms with Crippen LogP contribution in [-0.2, 0) is 4.79 Å². The van der Waals surface area contributed by atoms with Crippen molar-refractivity contribution in [3.8, 4) is 11.5 Å². The van der Waals surface area contributed by atoms with Crippen LogP contribution in [0.4, 0.5) is 0 Å². The van der Waals surface area contributed by atoms with Crippen molar-refractivity contribution in [3.05, 3.63) is 23.3 Å². The highest BCUT2D eigenvalue weighted by Gasteiger charge is 2.55. The largest absolute Gasteiger partial charge is 0.669 e. The first kappa shape index (κ1) is 23.4. The first-order valence-corrected chi connectivity index (χ1v) is 12.4. The van der Waals surface area contributed by atoms with Gasteiger partial charge >= 0.3 is 12.7 Å². The molecule has 34 heavy (non-hydrogen) atoms. The number of rotatable bonds is 8. The molecule has 0 spiro atoms. The molecule has 2 saturated carbocycles. The van der Waals surface area contributed by atoms with Crippen molar-refractivity contribution in [3.63, 3.8) is 0 Å². The molecule has 2 aliphatic heterocycles. The number of benzene rings is 1. The molecule has 3 fully saturated rings. The van der Waals surface area contributed by atoms with Crippen molar-refractivity contribution in [1.82, 2.24) is 10.2 Å². The third-order valence-corrected chi connectivity index (χ3v) is 7.87. The number of quaternary nitrogens is 1. The van der Waals surface area contributed by atoms with Crippen molar-refractivity contribution in [1.29, 1.82) is 0 Å². The van der Waals surface area contributed by atoms with E-state index in [1.165, 1.54) is 0 Å². The molecule has 0 radical (unpaired) electrons. The van der Waals surface area contributed by atoms with Crippen molar-refractivity contribution in [2.45, 2.75) is 62.4 Å². The minimum atomic E-state index is -3.08. The van der Waals surface area contributed by atoms with E-state index in [0.717, 1.165) is 38.8 Å². The van der Waals surface area contributed by atoms with Gasteiger partial charge in [-0.15, -0.1) is 0 Å². The Bertz CT molecular complexity index is 960. The van der Waals surface area contributed by atoms with Crippen LogP contribution in [-0.4, -0.2) is 77.0 Å². The van der Waals surface area contributed by atoms with Crippen LogP contribution in [0, 0.1) is 5.92 Å². The molecule has 1 aromatic carbocycles. The molecule has 1 saturated heterocycles. The van der Waals surface area contributed by atoms with Crippen molar-refractivity contribution in [2.24, 2.45) is 5.92 Å². The fraction of sp³-hybridized carbons (Fsp3) is 0.652. The van der Waals surface area contributed by atoms with Gasteiger partial charge in [-0.25, -0.2) is 4.79 Å². The molecule has 1 aromatic rings. The molecular formula is C23H34BN3O7. The van der Waals surface area contributed by atoms with Gasteiger partial charge in [-0.05, 0) is 49.1 Å². The molecule has 2 heterocycles. The first-order chi connectivity index (χ1) is 16.3. The number of carbonyl (C=O) groups is 2. The van der Waals surface area contributed by atoms with E-state index in [0.29, 0.717) is 43.5 Å². The molecule has 2 aliphatic carbocycles. The van der Waals surface area contributed by atoms with E-state index >= 15 is 0 Å². The number of hydrogen-bond donors (Lipinski definition) is 5. The Hall–Kier alpha value is -2.34. The lowest BCUT2D eigenvalue weighted by molar-refractivity contribution is -0.365. The average molecular weight is 475 g/mol. The van der Waals surface area contributed by atoms with Crippen molar-refractivity contribution < 1.29 is 39.9 Å². The van der Waals surface area contributed by atoms with Gasteiger partial charge in [0.05, 0.1) is 25.4 Å². The van der Waals surface area contributed by atoms with E-state index in [1.54, 1.807) is 17.0 Å². The number of carbonyl (C=O) groups excluding carboxylic acids is 1. The highest BCUT2D eigenvalue weighted by Crippen LogP contribution is 2.63. The third-order valence-electron chi connectivity index (χ3n) is 7.87. The summed E-state index contributed by atoms with van der Waals surface area (Å²) in [6.07, 6.45) is 5.08. The second-order valence-corrected chi connectivity index (χ2v) is 10.3. The maximum Gasteiger partial charge on any atom is 0.434 e. The van der Waals surface area contributed by atoms with Crippen LogP contribution in [0.5, 0.6) is 11.5 Å². The molecule has 0 bridgehead atoms. The Labute approximate surface area is 198 Å². The number of hydrogen-bond acceptors (Lipinski definition) is 7. The number of ether oxygens (including phenoxy) is 1. The van der Waals surface area contributed by atoms with E-state index in [2.05, 4.69) is 11.1 Å². The minimum absolute atomic E-state index is 0.0127. The van der Waals surface area contributed by atoms with Gasteiger partial charge in [0.1, 0.15) is 17.4 Å². The van der Waals surface area contributed by atoms with Crippen LogP contribution in [0.15, 0.2) is 12.1 Å². The van der Waals surface area contributed by atoms with E-state index in [9.17, 15) is 24.7 Å². The molecule has 7 N–H and O–H groups in total. The molecule has 0 unspecified atom stereocenters. The van der Waals surface area contributed by atoms with Gasteiger partial charge < -0.3 is 40.5 Å². The molecule has 5 rings (SSSR count). The van der Waals surface area contributed by atoms with Crippen LogP contribution in [0.3, 0.4) is 0 Å². The number of nitrogens with one attached hydrogen (secondary N) is 1. The summed E-state index contributed by atoms with van der Waals surface area (Å²) < 4.78 is 11.3. The summed E-state index contributed by atoms with van der Waals surface area (Å²) in [7, 11) is 0. The minimum Gasteiger partial charge on any atom is -0.669 e. The van der Waals surface area contributed by atoms with Crippen molar-refractivity contribution >= 4 is 18.6 Å². The second-order valence-electron chi connectivity index (χ2n) is 10.3. The van der Waals surface area contributed by atoms with E-state index in [4.69, 9.17) is 9.39 Å². The molecule has 11 heteroatoms. The van der Waals surface area contributed by atoms with Gasteiger partial charge in [0.25, 0.3) is 0 Å². The highest BCUT2D eigenvalue weighted by atomic mass is 16.6. The zero-order valence-electron chi connectivity index (χ0n) is 19.3. The van der Waals surface area contributed by atoms with Gasteiger partial charge in [0.2, 0.25) is 5.91 Å². The number of aromatic carboxylic acids is 1. The molecule has 2 atom stereocenters. The summed E-state index contributed by atoms with van der Waals surface area (Å²) in [6, 6.07) is 3.89. The predicted octanol–water partition coefficient (Wildman–Crippen LogP) is -0.0718. The van der Waals surface area contributed by atoms with E-state index in [-0.39, 0.29) is 40.8 Å². The van der Waals surface area contributed by atoms with Crippen LogP contribution in [0.1, 0.15) is 60.4 Å². The first-order valence-electron chi connectivity index (χ1n) is 12.4. The third kappa shape index (κ3) is 4.49. The monoisotopic (exact) mass is 475 g/mol. The maximum absolute atomic E-state index is 12.7. The van der Waals surface area contributed by atoms with Gasteiger partial charge in [0, 0.05) is 19.0 Å². The summed E-state index contributed by atoms with van der Waals surface area (Å²) >= 11 is 0.